The molecule has 180 valence electrons. The predicted molar refractivity (Wildman–Crippen MR) is 145 cm³/mol. The highest BCUT2D eigenvalue weighted by Gasteiger charge is 2.23. The van der Waals surface area contributed by atoms with E-state index in [1.54, 1.807) is 0 Å². The zero-order valence-corrected chi connectivity index (χ0v) is 19.9. The van der Waals surface area contributed by atoms with E-state index in [1.165, 1.54) is 16.2 Å². The second kappa shape index (κ2) is 9.08. The van der Waals surface area contributed by atoms with Crippen LogP contribution in [0.3, 0.4) is 0 Å². The molecule has 0 atom stereocenters. The number of nitrogens with one attached hydrogen (secondary N) is 4. The zero-order chi connectivity index (χ0) is 23.9. The van der Waals surface area contributed by atoms with Crippen molar-refractivity contribution in [2.45, 2.75) is 12.7 Å². The molecular formula is C30H28N4O2. The molecule has 4 N–H and O–H groups in total. The topological polar surface area (TPSA) is 66.6 Å². The summed E-state index contributed by atoms with van der Waals surface area (Å²) in [6.45, 7) is 3.51. The molecule has 5 aromatic rings. The van der Waals surface area contributed by atoms with Gasteiger partial charge in [-0.1, -0.05) is 54.6 Å². The fourth-order valence-electron chi connectivity index (χ4n) is 5.27. The third-order valence-electron chi connectivity index (χ3n) is 7.02. The number of ether oxygens (including phenoxy) is 2. The number of hydrogen-bond acceptors (Lipinski definition) is 6. The van der Waals surface area contributed by atoms with Crippen LogP contribution in [0.2, 0.25) is 0 Å². The van der Waals surface area contributed by atoms with E-state index in [2.05, 4.69) is 106 Å². The highest BCUT2D eigenvalue weighted by atomic mass is 16.5. The number of hydrogen-bond donors (Lipinski definition) is 4. The molecule has 5 aromatic carbocycles. The van der Waals surface area contributed by atoms with Crippen molar-refractivity contribution in [1.82, 2.24) is 21.3 Å². The van der Waals surface area contributed by atoms with Crippen LogP contribution >= 0.6 is 0 Å². The molecule has 0 saturated carbocycles. The van der Waals surface area contributed by atoms with Crippen molar-refractivity contribution in [3.05, 3.63) is 84.9 Å². The first-order chi connectivity index (χ1) is 17.8. The van der Waals surface area contributed by atoms with Crippen molar-refractivity contribution in [1.29, 1.82) is 0 Å². The number of rotatable bonds is 5. The van der Waals surface area contributed by atoms with Crippen LogP contribution in [0.15, 0.2) is 84.9 Å². The van der Waals surface area contributed by atoms with Gasteiger partial charge in [-0.05, 0) is 62.6 Å². The van der Waals surface area contributed by atoms with E-state index in [0.29, 0.717) is 0 Å². The van der Waals surface area contributed by atoms with E-state index in [1.807, 2.05) is 0 Å². The first-order valence-electron chi connectivity index (χ1n) is 12.6. The summed E-state index contributed by atoms with van der Waals surface area (Å²) in [5.74, 6) is 1.64. The third-order valence-corrected chi connectivity index (χ3v) is 7.02. The van der Waals surface area contributed by atoms with Gasteiger partial charge in [0.15, 0.2) is 0 Å². The Hall–Kier alpha value is -3.68. The van der Waals surface area contributed by atoms with Gasteiger partial charge in [-0.15, -0.1) is 0 Å². The molecule has 2 fully saturated rings. The van der Waals surface area contributed by atoms with Crippen LogP contribution in [0.5, 0.6) is 11.5 Å². The Bertz CT molecular complexity index is 1570. The molecule has 7 rings (SSSR count). The summed E-state index contributed by atoms with van der Waals surface area (Å²) in [4.78, 5) is 0. The van der Waals surface area contributed by atoms with Gasteiger partial charge in [-0.3, -0.25) is 21.3 Å². The molecule has 0 unspecified atom stereocenters. The lowest BCUT2D eigenvalue weighted by molar-refractivity contribution is 0.163. The zero-order valence-electron chi connectivity index (χ0n) is 19.9. The lowest BCUT2D eigenvalue weighted by Crippen LogP contribution is -2.37. The third kappa shape index (κ3) is 3.94. The van der Waals surface area contributed by atoms with Crippen molar-refractivity contribution in [2.75, 3.05) is 26.2 Å². The van der Waals surface area contributed by atoms with E-state index >= 15 is 0 Å². The summed E-state index contributed by atoms with van der Waals surface area (Å²) in [6.07, 6.45) is -0.462. The minimum absolute atomic E-state index is 0.225. The molecule has 2 saturated heterocycles. The summed E-state index contributed by atoms with van der Waals surface area (Å²) < 4.78 is 13.0. The second-order valence-corrected chi connectivity index (χ2v) is 9.37. The van der Waals surface area contributed by atoms with Crippen molar-refractivity contribution < 1.29 is 9.47 Å². The van der Waals surface area contributed by atoms with Gasteiger partial charge < -0.3 is 9.47 Å². The quantitative estimate of drug-likeness (QED) is 0.280. The normalized spacial score (nSPS) is 16.9. The standard InChI is InChI=1S/C30H28N4O2/c1-2-7-21-16-23-18-27(36-30-33-13-14-34-30)25(17-22(23)15-20(21)6-1)28-24-8-4-3-5-19(24)9-10-26(28)35-29-31-11-12-32-29/h1-10,15-18,29-34H,11-14H2. The summed E-state index contributed by atoms with van der Waals surface area (Å²) in [5.41, 5.74) is 2.05. The van der Waals surface area contributed by atoms with Gasteiger partial charge in [0.1, 0.15) is 11.5 Å². The Balaban J connectivity index is 1.48. The van der Waals surface area contributed by atoms with Crippen LogP contribution in [-0.4, -0.2) is 38.9 Å². The van der Waals surface area contributed by atoms with Crippen LogP contribution in [0.25, 0.3) is 43.4 Å². The SMILES string of the molecule is c1ccc2cc3cc(-c4c(OC5NCCN5)ccc5ccccc45)c(OC4NCCN4)cc3cc2c1. The Labute approximate surface area is 209 Å². The van der Waals surface area contributed by atoms with Crippen molar-refractivity contribution >= 4 is 32.3 Å². The largest absolute Gasteiger partial charge is 0.462 e. The van der Waals surface area contributed by atoms with Gasteiger partial charge in [0.05, 0.1) is 0 Å². The Morgan fingerprint density at radius 2 is 1.06 bits per heavy atom. The van der Waals surface area contributed by atoms with E-state index in [4.69, 9.17) is 9.47 Å². The molecule has 2 heterocycles. The Morgan fingerprint density at radius 3 is 1.72 bits per heavy atom. The highest BCUT2D eigenvalue weighted by Crippen LogP contribution is 2.44. The minimum atomic E-state index is -0.237. The fourth-order valence-corrected chi connectivity index (χ4v) is 5.27. The summed E-state index contributed by atoms with van der Waals surface area (Å²) in [5, 5.41) is 20.6. The van der Waals surface area contributed by atoms with E-state index in [-0.39, 0.29) is 12.7 Å². The van der Waals surface area contributed by atoms with Crippen LogP contribution in [0.1, 0.15) is 0 Å². The van der Waals surface area contributed by atoms with Crippen LogP contribution < -0.4 is 30.7 Å². The molecule has 2 aliphatic heterocycles. The second-order valence-electron chi connectivity index (χ2n) is 9.37. The van der Waals surface area contributed by atoms with Gasteiger partial charge in [0.25, 0.3) is 0 Å². The van der Waals surface area contributed by atoms with Gasteiger partial charge in [-0.2, -0.15) is 0 Å². The summed E-state index contributed by atoms with van der Waals surface area (Å²) >= 11 is 0. The maximum Gasteiger partial charge on any atom is 0.207 e. The smallest absolute Gasteiger partial charge is 0.207 e. The summed E-state index contributed by atoms with van der Waals surface area (Å²) in [7, 11) is 0. The Kier molecular flexibility index (Phi) is 5.44. The number of benzene rings is 5. The number of fused-ring (bicyclic) bond motifs is 3. The van der Waals surface area contributed by atoms with Crippen LogP contribution in [-0.2, 0) is 0 Å². The average molecular weight is 477 g/mol. The first kappa shape index (κ1) is 21.6. The predicted octanol–water partition coefficient (Wildman–Crippen LogP) is 4.52. The lowest BCUT2D eigenvalue weighted by atomic mass is 9.93. The van der Waals surface area contributed by atoms with E-state index < -0.39 is 0 Å². The molecule has 36 heavy (non-hydrogen) atoms. The van der Waals surface area contributed by atoms with Gasteiger partial charge in [0, 0.05) is 37.3 Å². The molecule has 6 nitrogen and oxygen atoms in total. The maximum absolute atomic E-state index is 6.55. The minimum Gasteiger partial charge on any atom is -0.462 e. The molecule has 0 spiro atoms. The van der Waals surface area contributed by atoms with E-state index in [0.717, 1.165) is 65.0 Å². The first-order valence-corrected chi connectivity index (χ1v) is 12.6. The molecule has 6 heteroatoms. The lowest BCUT2D eigenvalue weighted by Gasteiger charge is -2.22. The monoisotopic (exact) mass is 476 g/mol. The van der Waals surface area contributed by atoms with Gasteiger partial charge >= 0.3 is 0 Å². The van der Waals surface area contributed by atoms with Crippen molar-refractivity contribution in [2.24, 2.45) is 0 Å². The molecule has 0 aromatic heterocycles. The van der Waals surface area contributed by atoms with E-state index in [9.17, 15) is 0 Å². The maximum atomic E-state index is 6.55. The fraction of sp³-hybridized carbons (Fsp3) is 0.200. The van der Waals surface area contributed by atoms with Crippen molar-refractivity contribution in [3.8, 4) is 22.6 Å². The molecule has 0 amide bonds. The van der Waals surface area contributed by atoms with Crippen LogP contribution in [0, 0.1) is 0 Å². The summed E-state index contributed by atoms with van der Waals surface area (Å²) in [6, 6.07) is 30.0. The molecule has 0 aliphatic carbocycles. The average Bonchev–Trinajstić information content (AvgIpc) is 3.62. The Morgan fingerprint density at radius 1 is 0.500 bits per heavy atom. The molecular weight excluding hydrogens is 448 g/mol. The molecule has 0 radical (unpaired) electrons. The molecule has 2 aliphatic rings. The van der Waals surface area contributed by atoms with Gasteiger partial charge in [-0.25, -0.2) is 0 Å². The molecule has 0 bridgehead atoms. The van der Waals surface area contributed by atoms with Gasteiger partial charge in [0.2, 0.25) is 12.7 Å². The highest BCUT2D eigenvalue weighted by molar-refractivity contribution is 6.06. The van der Waals surface area contributed by atoms with Crippen LogP contribution in [0.4, 0.5) is 0 Å². The van der Waals surface area contributed by atoms with Crippen molar-refractivity contribution in [3.63, 3.8) is 0 Å².